The molecular formula is C33H30N4O2. The number of aromatic carboxylic acids is 1. The zero-order chi connectivity index (χ0) is 30.6. The van der Waals surface area contributed by atoms with Gasteiger partial charge in [0.1, 0.15) is 11.6 Å². The summed E-state index contributed by atoms with van der Waals surface area (Å²) in [6.45, 7) is 4.16. The molecule has 0 aliphatic rings. The highest BCUT2D eigenvalue weighted by Gasteiger charge is 2.17. The van der Waals surface area contributed by atoms with Crippen molar-refractivity contribution in [1.29, 1.82) is 0 Å². The van der Waals surface area contributed by atoms with Gasteiger partial charge in [0.15, 0.2) is 0 Å². The molecule has 2 aromatic heterocycles. The number of carboxylic acid groups (broad SMARTS) is 1. The van der Waals surface area contributed by atoms with E-state index in [9.17, 15) is 9.90 Å². The van der Waals surface area contributed by atoms with Crippen LogP contribution in [0.4, 0.5) is 0 Å². The molecule has 6 aromatic rings. The summed E-state index contributed by atoms with van der Waals surface area (Å²) in [5.74, 6) is 0.425. The molecule has 0 saturated carbocycles. The number of carbonyl (C=O) groups is 1. The van der Waals surface area contributed by atoms with Crippen LogP contribution in [-0.4, -0.2) is 30.2 Å². The highest BCUT2D eigenvalue weighted by molar-refractivity contribution is 5.96. The van der Waals surface area contributed by atoms with Crippen LogP contribution in [0.2, 0.25) is 0 Å². The number of hydrogen-bond donors (Lipinski definition) is 1. The molecule has 0 bridgehead atoms. The van der Waals surface area contributed by atoms with Crippen LogP contribution in [0.25, 0.3) is 44.6 Å². The second-order valence-electron chi connectivity index (χ2n) is 9.71. The van der Waals surface area contributed by atoms with Crippen LogP contribution in [-0.2, 0) is 20.0 Å². The number of nitrogens with zero attached hydrogens (tertiary/aromatic N) is 4. The quantitative estimate of drug-likeness (QED) is 0.241. The Morgan fingerprint density at radius 2 is 1.69 bits per heavy atom. The first-order valence-corrected chi connectivity index (χ1v) is 13.0. The van der Waals surface area contributed by atoms with Crippen molar-refractivity contribution in [2.75, 3.05) is 0 Å². The van der Waals surface area contributed by atoms with Gasteiger partial charge in [-0.3, -0.25) is 0 Å². The van der Waals surface area contributed by atoms with Crippen LogP contribution in [0.1, 0.15) is 46.1 Å². The molecule has 39 heavy (non-hydrogen) atoms. The molecule has 6 heteroatoms. The Balaban J connectivity index is 1.50. The minimum absolute atomic E-state index is 0.0238. The summed E-state index contributed by atoms with van der Waals surface area (Å²) in [5.41, 5.74) is 5.75. The van der Waals surface area contributed by atoms with Gasteiger partial charge < -0.3 is 14.2 Å². The van der Waals surface area contributed by atoms with E-state index < -0.39 is 5.97 Å². The Labute approximate surface area is 232 Å². The third kappa shape index (κ3) is 4.38. The summed E-state index contributed by atoms with van der Waals surface area (Å²) in [7, 11) is 1.99. The van der Waals surface area contributed by atoms with E-state index in [1.165, 1.54) is 12.1 Å². The highest BCUT2D eigenvalue weighted by Crippen LogP contribution is 2.31. The minimum atomic E-state index is -1.20. The molecule has 0 saturated heterocycles. The van der Waals surface area contributed by atoms with Gasteiger partial charge in [0, 0.05) is 25.6 Å². The van der Waals surface area contributed by atoms with E-state index in [0.29, 0.717) is 6.42 Å². The molecule has 0 atom stereocenters. The van der Waals surface area contributed by atoms with Crippen molar-refractivity contribution >= 4 is 28.0 Å². The third-order valence-electron chi connectivity index (χ3n) is 7.05. The lowest BCUT2D eigenvalue weighted by molar-refractivity contribution is 0.0697. The van der Waals surface area contributed by atoms with Crippen LogP contribution in [0.3, 0.4) is 0 Å². The van der Waals surface area contributed by atoms with Gasteiger partial charge in [-0.05, 0) is 65.9 Å². The maximum absolute atomic E-state index is 11.9. The number of imidazole rings is 2. The number of para-hydroxylation sites is 2. The standard InChI is InChI=1S/C33H30N4O2/c1-4-9-30-34-28-19-24(32-35-27-12-7-8-13-29(27)36(32)3)18-21(2)31(28)37(30)20-22-14-16-23(17-15-22)25-10-5-6-11-26(25)33(38)39/h5-8,10-19H,4,9,20H2,1-3H3,(H,38,39)/i14D,15D,16D,17D. The lowest BCUT2D eigenvalue weighted by Gasteiger charge is -2.12. The van der Waals surface area contributed by atoms with E-state index >= 15 is 0 Å². The Morgan fingerprint density at radius 3 is 2.44 bits per heavy atom. The molecule has 194 valence electrons. The van der Waals surface area contributed by atoms with E-state index in [4.69, 9.17) is 15.5 Å². The number of rotatable bonds is 7. The van der Waals surface area contributed by atoms with Crippen molar-refractivity contribution in [3.8, 4) is 22.5 Å². The van der Waals surface area contributed by atoms with Crippen molar-refractivity contribution in [2.45, 2.75) is 33.2 Å². The first-order chi connectivity index (χ1) is 20.6. The topological polar surface area (TPSA) is 72.9 Å². The molecule has 0 unspecified atom stereocenters. The van der Waals surface area contributed by atoms with Crippen LogP contribution >= 0.6 is 0 Å². The number of hydrogen-bond acceptors (Lipinski definition) is 3. The molecule has 0 fully saturated rings. The Morgan fingerprint density at radius 1 is 0.949 bits per heavy atom. The average Bonchev–Trinajstić information content (AvgIpc) is 3.52. The van der Waals surface area contributed by atoms with Crippen LogP contribution in [0, 0.1) is 6.92 Å². The van der Waals surface area contributed by atoms with Gasteiger partial charge in [-0.15, -0.1) is 0 Å². The van der Waals surface area contributed by atoms with Crippen LogP contribution in [0.15, 0.2) is 84.8 Å². The summed E-state index contributed by atoms with van der Waals surface area (Å²) in [6, 6.07) is 17.2. The SMILES string of the molecule is [2H]c1c([2H])c(-c2ccccc2C(=O)O)c([2H])c([2H])c1Cn1c(CCC)nc2cc(-c3nc4ccccc4n3C)cc(C)c21. The number of fused-ring (bicyclic) bond motifs is 2. The van der Waals surface area contributed by atoms with Gasteiger partial charge in [0.05, 0.1) is 33.1 Å². The van der Waals surface area contributed by atoms with E-state index in [0.717, 1.165) is 51.3 Å². The summed E-state index contributed by atoms with van der Waals surface area (Å²) >= 11 is 0. The molecule has 0 amide bonds. The molecule has 0 radical (unpaired) electrons. The van der Waals surface area contributed by atoms with Crippen molar-refractivity contribution in [3.05, 3.63) is 107 Å². The number of benzene rings is 4. The van der Waals surface area contributed by atoms with Gasteiger partial charge in [-0.2, -0.15) is 0 Å². The summed E-state index contributed by atoms with van der Waals surface area (Å²) in [5, 5.41) is 9.69. The molecular weight excluding hydrogens is 484 g/mol. The minimum Gasteiger partial charge on any atom is -0.478 e. The molecule has 2 heterocycles. The monoisotopic (exact) mass is 518 g/mol. The molecule has 1 N–H and O–H groups in total. The lowest BCUT2D eigenvalue weighted by atomic mass is 9.98. The van der Waals surface area contributed by atoms with Crippen molar-refractivity contribution in [2.24, 2.45) is 7.05 Å². The Hall–Kier alpha value is -4.71. The highest BCUT2D eigenvalue weighted by atomic mass is 16.4. The van der Waals surface area contributed by atoms with E-state index in [1.54, 1.807) is 12.1 Å². The van der Waals surface area contributed by atoms with Crippen LogP contribution < -0.4 is 0 Å². The first kappa shape index (κ1) is 20.3. The van der Waals surface area contributed by atoms with E-state index in [2.05, 4.69) is 17.6 Å². The maximum atomic E-state index is 11.9. The maximum Gasteiger partial charge on any atom is 0.336 e. The second kappa shape index (κ2) is 9.87. The molecule has 6 nitrogen and oxygen atoms in total. The normalized spacial score (nSPS) is 12.9. The van der Waals surface area contributed by atoms with Crippen molar-refractivity contribution in [1.82, 2.24) is 19.1 Å². The average molecular weight is 519 g/mol. The van der Waals surface area contributed by atoms with Crippen molar-refractivity contribution < 1.29 is 15.4 Å². The summed E-state index contributed by atoms with van der Waals surface area (Å²) in [6.07, 6.45) is 1.50. The molecule has 6 rings (SSSR count). The van der Waals surface area contributed by atoms with Crippen molar-refractivity contribution in [3.63, 3.8) is 0 Å². The van der Waals surface area contributed by atoms with Gasteiger partial charge >= 0.3 is 5.97 Å². The van der Waals surface area contributed by atoms with Gasteiger partial charge in [-0.1, -0.05) is 61.4 Å². The zero-order valence-electron chi connectivity index (χ0n) is 26.0. The Bertz CT molecular complexity index is 2050. The molecule has 4 aromatic carbocycles. The summed E-state index contributed by atoms with van der Waals surface area (Å²) in [4.78, 5) is 21.7. The van der Waals surface area contributed by atoms with Gasteiger partial charge in [0.2, 0.25) is 0 Å². The predicted octanol–water partition coefficient (Wildman–Crippen LogP) is 7.26. The van der Waals surface area contributed by atoms with Crippen LogP contribution in [0.5, 0.6) is 0 Å². The molecule has 0 aliphatic heterocycles. The third-order valence-corrected chi connectivity index (χ3v) is 7.05. The van der Waals surface area contributed by atoms with Gasteiger partial charge in [-0.25, -0.2) is 14.8 Å². The predicted molar refractivity (Wildman–Crippen MR) is 156 cm³/mol. The number of carboxylic acids is 1. The van der Waals surface area contributed by atoms with E-state index in [1.807, 2.05) is 48.9 Å². The Kier molecular flexibility index (Phi) is 5.13. The smallest absolute Gasteiger partial charge is 0.336 e. The fourth-order valence-corrected chi connectivity index (χ4v) is 5.24. The number of aromatic nitrogens is 4. The first-order valence-electron chi connectivity index (χ1n) is 15.0. The zero-order valence-corrected chi connectivity index (χ0v) is 22.0. The fraction of sp³-hybridized carbons (Fsp3) is 0.182. The molecule has 0 spiro atoms. The lowest BCUT2D eigenvalue weighted by Crippen LogP contribution is -2.06. The summed E-state index contributed by atoms with van der Waals surface area (Å²) < 4.78 is 39.4. The number of aryl methyl sites for hydroxylation is 3. The fourth-order valence-electron chi connectivity index (χ4n) is 5.24. The molecule has 0 aliphatic carbocycles. The van der Waals surface area contributed by atoms with Gasteiger partial charge in [0.25, 0.3) is 0 Å². The van der Waals surface area contributed by atoms with E-state index in [-0.39, 0.29) is 53.0 Å². The largest absolute Gasteiger partial charge is 0.478 e. The second-order valence-corrected chi connectivity index (χ2v) is 9.71.